The Kier molecular flexibility index (Phi) is 6.62. The minimum absolute atomic E-state index is 0.602. The summed E-state index contributed by atoms with van der Waals surface area (Å²) in [6.45, 7) is 5.20. The molecule has 0 amide bonds. The van der Waals surface area contributed by atoms with Crippen molar-refractivity contribution in [3.05, 3.63) is 70.8 Å². The predicted octanol–water partition coefficient (Wildman–Crippen LogP) is 4.58. The molecule has 0 aliphatic carbocycles. The Morgan fingerprint density at radius 1 is 0.840 bits per heavy atom. The number of hydrogen-bond acceptors (Lipinski definition) is 2. The van der Waals surface area contributed by atoms with E-state index in [0.717, 1.165) is 37.3 Å². The summed E-state index contributed by atoms with van der Waals surface area (Å²) in [5.74, 6) is 0. The van der Waals surface area contributed by atoms with Gasteiger partial charge in [-0.15, -0.1) is 0 Å². The number of nitrogens with zero attached hydrogens (tertiary/aromatic N) is 2. The first-order chi connectivity index (χ1) is 11.7. The molecule has 0 aliphatic heterocycles. The highest BCUT2D eigenvalue weighted by atomic mass is 19.4. The highest BCUT2D eigenvalue weighted by molar-refractivity contribution is 5.25. The molecule has 5 heteroatoms. The summed E-state index contributed by atoms with van der Waals surface area (Å²) in [6.07, 6.45) is -4.29. The van der Waals surface area contributed by atoms with Crippen molar-refractivity contribution >= 4 is 0 Å². The molecule has 0 radical (unpaired) electrons. The standard InChI is InChI=1S/C20H25F3N2/c1-16-5-4-6-18(13-16)15-25(12-11-24(2)3)14-17-7-9-19(10-8-17)20(21,22)23/h4-10,13H,11-12,14-15H2,1-3H3. The smallest absolute Gasteiger partial charge is 0.308 e. The second-order valence-electron chi connectivity index (χ2n) is 6.70. The van der Waals surface area contributed by atoms with Crippen LogP contribution in [0.2, 0.25) is 0 Å². The first-order valence-electron chi connectivity index (χ1n) is 8.33. The third-order valence-corrected chi connectivity index (χ3v) is 4.04. The first-order valence-corrected chi connectivity index (χ1v) is 8.33. The van der Waals surface area contributed by atoms with E-state index >= 15 is 0 Å². The van der Waals surface area contributed by atoms with Crippen LogP contribution in [0.3, 0.4) is 0 Å². The van der Waals surface area contributed by atoms with Gasteiger partial charge in [0, 0.05) is 26.2 Å². The van der Waals surface area contributed by atoms with Gasteiger partial charge in [0.1, 0.15) is 0 Å². The van der Waals surface area contributed by atoms with E-state index in [2.05, 4.69) is 34.9 Å². The summed E-state index contributed by atoms with van der Waals surface area (Å²) < 4.78 is 38.1. The molecule has 0 fully saturated rings. The third kappa shape index (κ3) is 6.52. The van der Waals surface area contributed by atoms with Gasteiger partial charge < -0.3 is 4.90 Å². The van der Waals surface area contributed by atoms with Gasteiger partial charge in [0.05, 0.1) is 5.56 Å². The SMILES string of the molecule is Cc1cccc(CN(CCN(C)C)Cc2ccc(C(F)(F)F)cc2)c1. The van der Waals surface area contributed by atoms with E-state index in [9.17, 15) is 13.2 Å². The molecule has 136 valence electrons. The number of alkyl halides is 3. The van der Waals surface area contributed by atoms with Gasteiger partial charge in [-0.2, -0.15) is 13.2 Å². The molecule has 0 saturated heterocycles. The maximum atomic E-state index is 12.7. The van der Waals surface area contributed by atoms with Crippen LogP contribution in [0.5, 0.6) is 0 Å². The van der Waals surface area contributed by atoms with Crippen LogP contribution in [0.15, 0.2) is 48.5 Å². The Morgan fingerprint density at radius 3 is 2.04 bits per heavy atom. The van der Waals surface area contributed by atoms with Crippen molar-refractivity contribution in [2.75, 3.05) is 27.2 Å². The molecule has 2 aromatic rings. The Balaban J connectivity index is 2.09. The van der Waals surface area contributed by atoms with Gasteiger partial charge in [0.15, 0.2) is 0 Å². The minimum Gasteiger partial charge on any atom is -0.308 e. The van der Waals surface area contributed by atoms with Crippen molar-refractivity contribution in [2.24, 2.45) is 0 Å². The molecular weight excluding hydrogens is 325 g/mol. The van der Waals surface area contributed by atoms with Gasteiger partial charge in [-0.05, 0) is 44.3 Å². The lowest BCUT2D eigenvalue weighted by atomic mass is 10.1. The number of hydrogen-bond donors (Lipinski definition) is 0. The van der Waals surface area contributed by atoms with E-state index in [1.807, 2.05) is 20.2 Å². The molecule has 0 atom stereocenters. The van der Waals surface area contributed by atoms with Crippen LogP contribution in [0.1, 0.15) is 22.3 Å². The van der Waals surface area contributed by atoms with Crippen LogP contribution in [0.25, 0.3) is 0 Å². The van der Waals surface area contributed by atoms with E-state index < -0.39 is 11.7 Å². The molecule has 0 aromatic heterocycles. The lowest BCUT2D eigenvalue weighted by Crippen LogP contribution is -2.31. The van der Waals surface area contributed by atoms with Crippen LogP contribution in [0.4, 0.5) is 13.2 Å². The van der Waals surface area contributed by atoms with E-state index in [-0.39, 0.29) is 0 Å². The van der Waals surface area contributed by atoms with Gasteiger partial charge in [-0.25, -0.2) is 0 Å². The number of rotatable bonds is 7. The van der Waals surface area contributed by atoms with Gasteiger partial charge >= 0.3 is 6.18 Å². The highest BCUT2D eigenvalue weighted by Gasteiger charge is 2.29. The summed E-state index contributed by atoms with van der Waals surface area (Å²) in [5, 5.41) is 0. The molecule has 0 saturated carbocycles. The molecule has 0 heterocycles. The fourth-order valence-electron chi connectivity index (χ4n) is 2.68. The second-order valence-corrected chi connectivity index (χ2v) is 6.70. The average Bonchev–Trinajstić information content (AvgIpc) is 2.52. The summed E-state index contributed by atoms with van der Waals surface area (Å²) in [6, 6.07) is 13.8. The molecular formula is C20H25F3N2. The number of likely N-dealkylation sites (N-methyl/N-ethyl adjacent to an activating group) is 1. The fourth-order valence-corrected chi connectivity index (χ4v) is 2.68. The van der Waals surface area contributed by atoms with E-state index in [0.29, 0.717) is 6.54 Å². The highest BCUT2D eigenvalue weighted by Crippen LogP contribution is 2.29. The van der Waals surface area contributed by atoms with Crippen LogP contribution in [0, 0.1) is 6.92 Å². The minimum atomic E-state index is -4.29. The molecule has 0 N–H and O–H groups in total. The average molecular weight is 350 g/mol. The monoisotopic (exact) mass is 350 g/mol. The third-order valence-electron chi connectivity index (χ3n) is 4.04. The zero-order chi connectivity index (χ0) is 18.4. The maximum absolute atomic E-state index is 12.7. The summed E-state index contributed by atoms with van der Waals surface area (Å²) in [4.78, 5) is 4.37. The summed E-state index contributed by atoms with van der Waals surface area (Å²) in [5.41, 5.74) is 2.71. The van der Waals surface area contributed by atoms with Crippen molar-refractivity contribution in [1.82, 2.24) is 9.80 Å². The maximum Gasteiger partial charge on any atom is 0.416 e. The molecule has 0 unspecified atom stereocenters. The molecule has 0 bridgehead atoms. The van der Waals surface area contributed by atoms with Crippen molar-refractivity contribution in [1.29, 1.82) is 0 Å². The number of halogens is 3. The van der Waals surface area contributed by atoms with E-state index in [1.165, 1.54) is 11.1 Å². The van der Waals surface area contributed by atoms with Crippen molar-refractivity contribution < 1.29 is 13.2 Å². The number of aryl methyl sites for hydroxylation is 1. The second kappa shape index (κ2) is 8.50. The Hall–Kier alpha value is -1.85. The van der Waals surface area contributed by atoms with Crippen molar-refractivity contribution in [2.45, 2.75) is 26.2 Å². The van der Waals surface area contributed by atoms with Crippen LogP contribution < -0.4 is 0 Å². The fraction of sp³-hybridized carbons (Fsp3) is 0.400. The molecule has 2 aromatic carbocycles. The van der Waals surface area contributed by atoms with E-state index in [4.69, 9.17) is 0 Å². The topological polar surface area (TPSA) is 6.48 Å². The van der Waals surface area contributed by atoms with Gasteiger partial charge in [0.25, 0.3) is 0 Å². The quantitative estimate of drug-likeness (QED) is 0.721. The molecule has 25 heavy (non-hydrogen) atoms. The largest absolute Gasteiger partial charge is 0.416 e. The van der Waals surface area contributed by atoms with E-state index in [1.54, 1.807) is 12.1 Å². The van der Waals surface area contributed by atoms with Crippen LogP contribution in [-0.4, -0.2) is 37.0 Å². The van der Waals surface area contributed by atoms with Gasteiger partial charge in [-0.3, -0.25) is 4.90 Å². The van der Waals surface area contributed by atoms with Crippen molar-refractivity contribution in [3.8, 4) is 0 Å². The first kappa shape index (κ1) is 19.5. The Bertz CT molecular complexity index is 663. The van der Waals surface area contributed by atoms with Crippen LogP contribution in [-0.2, 0) is 19.3 Å². The molecule has 2 rings (SSSR count). The zero-order valence-electron chi connectivity index (χ0n) is 15.0. The molecule has 0 spiro atoms. The molecule has 2 nitrogen and oxygen atoms in total. The summed E-state index contributed by atoms with van der Waals surface area (Å²) in [7, 11) is 4.03. The molecule has 0 aliphatic rings. The number of benzene rings is 2. The van der Waals surface area contributed by atoms with Crippen LogP contribution >= 0.6 is 0 Å². The summed E-state index contributed by atoms with van der Waals surface area (Å²) >= 11 is 0. The predicted molar refractivity (Wildman–Crippen MR) is 95.3 cm³/mol. The van der Waals surface area contributed by atoms with Gasteiger partial charge in [0.2, 0.25) is 0 Å². The van der Waals surface area contributed by atoms with Gasteiger partial charge in [-0.1, -0.05) is 42.0 Å². The lowest BCUT2D eigenvalue weighted by molar-refractivity contribution is -0.137. The van der Waals surface area contributed by atoms with Crippen molar-refractivity contribution in [3.63, 3.8) is 0 Å². The Labute approximate surface area is 147 Å². The normalized spacial score (nSPS) is 12.2. The Morgan fingerprint density at radius 2 is 1.48 bits per heavy atom. The zero-order valence-corrected chi connectivity index (χ0v) is 15.0. The lowest BCUT2D eigenvalue weighted by Gasteiger charge is -2.24.